The van der Waals surface area contributed by atoms with E-state index in [2.05, 4.69) is 5.32 Å². The van der Waals surface area contributed by atoms with Crippen molar-refractivity contribution in [3.05, 3.63) is 65.7 Å². The summed E-state index contributed by atoms with van der Waals surface area (Å²) in [5.74, 6) is -0.426. The van der Waals surface area contributed by atoms with Crippen molar-refractivity contribution >= 4 is 11.6 Å². The number of amides is 1. The molecule has 92 valence electrons. The maximum Gasteiger partial charge on any atom is 0.257 e. The van der Waals surface area contributed by atoms with Crippen LogP contribution in [0.1, 0.15) is 17.2 Å². The monoisotopic (exact) mass is 241 g/mol. The molecule has 0 heterocycles. The highest BCUT2D eigenvalue weighted by Gasteiger charge is 2.16. The number of aliphatic hydroxyl groups is 1. The highest BCUT2D eigenvalue weighted by molar-refractivity contribution is 5.94. The number of anilines is 1. The van der Waals surface area contributed by atoms with E-state index in [9.17, 15) is 9.90 Å². The van der Waals surface area contributed by atoms with Crippen LogP contribution >= 0.6 is 0 Å². The smallest absolute Gasteiger partial charge is 0.257 e. The fraction of sp³-hybridized carbons (Fsp3) is 0.133. The van der Waals surface area contributed by atoms with E-state index < -0.39 is 12.0 Å². The third kappa shape index (κ3) is 2.96. The Kier molecular flexibility index (Phi) is 3.75. The Morgan fingerprint density at radius 2 is 1.67 bits per heavy atom. The molecule has 1 unspecified atom stereocenters. The van der Waals surface area contributed by atoms with Gasteiger partial charge in [0.2, 0.25) is 0 Å². The fourth-order valence-corrected chi connectivity index (χ4v) is 1.63. The van der Waals surface area contributed by atoms with E-state index in [0.717, 1.165) is 5.56 Å². The first-order valence-corrected chi connectivity index (χ1v) is 5.77. The molecule has 1 amide bonds. The average Bonchev–Trinajstić information content (AvgIpc) is 2.40. The van der Waals surface area contributed by atoms with Gasteiger partial charge < -0.3 is 10.4 Å². The molecular weight excluding hydrogens is 226 g/mol. The van der Waals surface area contributed by atoms with Crippen LogP contribution in [0, 0.1) is 6.92 Å². The highest BCUT2D eigenvalue weighted by atomic mass is 16.3. The number of carbonyl (C=O) groups is 1. The number of para-hydroxylation sites is 1. The topological polar surface area (TPSA) is 49.3 Å². The molecule has 3 nitrogen and oxygen atoms in total. The Labute approximate surface area is 106 Å². The lowest BCUT2D eigenvalue weighted by atomic mass is 10.1. The highest BCUT2D eigenvalue weighted by Crippen LogP contribution is 2.16. The van der Waals surface area contributed by atoms with E-state index >= 15 is 0 Å². The predicted octanol–water partition coefficient (Wildman–Crippen LogP) is 2.67. The first-order chi connectivity index (χ1) is 8.66. The normalized spacial score (nSPS) is 11.9. The van der Waals surface area contributed by atoms with Crippen LogP contribution in [-0.2, 0) is 4.79 Å². The van der Waals surface area contributed by atoms with Crippen molar-refractivity contribution in [3.8, 4) is 0 Å². The summed E-state index contributed by atoms with van der Waals surface area (Å²) in [7, 11) is 0. The Morgan fingerprint density at radius 1 is 1.06 bits per heavy atom. The van der Waals surface area contributed by atoms with Crippen LogP contribution in [0.2, 0.25) is 0 Å². The van der Waals surface area contributed by atoms with E-state index in [1.165, 1.54) is 0 Å². The van der Waals surface area contributed by atoms with Gasteiger partial charge in [0.05, 0.1) is 0 Å². The summed E-state index contributed by atoms with van der Waals surface area (Å²) < 4.78 is 0. The van der Waals surface area contributed by atoms with Crippen LogP contribution in [0.15, 0.2) is 54.6 Å². The van der Waals surface area contributed by atoms with E-state index in [1.54, 1.807) is 24.3 Å². The van der Waals surface area contributed by atoms with Gasteiger partial charge in [-0.2, -0.15) is 0 Å². The molecule has 2 aromatic rings. The van der Waals surface area contributed by atoms with Crippen molar-refractivity contribution in [2.45, 2.75) is 13.0 Å². The van der Waals surface area contributed by atoms with Crippen molar-refractivity contribution in [1.82, 2.24) is 0 Å². The Bertz CT molecular complexity index is 520. The minimum Gasteiger partial charge on any atom is -0.378 e. The van der Waals surface area contributed by atoms with Gasteiger partial charge in [0.1, 0.15) is 0 Å². The summed E-state index contributed by atoms with van der Waals surface area (Å²) in [4.78, 5) is 11.8. The lowest BCUT2D eigenvalue weighted by Gasteiger charge is -2.11. The van der Waals surface area contributed by atoms with Crippen LogP contribution in [0.4, 0.5) is 5.69 Å². The number of hydrogen-bond acceptors (Lipinski definition) is 2. The molecule has 0 saturated heterocycles. The second-order valence-corrected chi connectivity index (χ2v) is 4.17. The van der Waals surface area contributed by atoms with E-state index in [-0.39, 0.29) is 0 Å². The van der Waals surface area contributed by atoms with E-state index in [0.29, 0.717) is 11.3 Å². The quantitative estimate of drug-likeness (QED) is 0.868. The Morgan fingerprint density at radius 3 is 2.28 bits per heavy atom. The molecule has 0 aromatic heterocycles. The van der Waals surface area contributed by atoms with E-state index in [4.69, 9.17) is 0 Å². The maximum atomic E-state index is 11.8. The van der Waals surface area contributed by atoms with Gasteiger partial charge in [0, 0.05) is 5.69 Å². The maximum absolute atomic E-state index is 11.8. The first kappa shape index (κ1) is 12.3. The fourth-order valence-electron chi connectivity index (χ4n) is 1.63. The van der Waals surface area contributed by atoms with Gasteiger partial charge in [-0.1, -0.05) is 48.0 Å². The van der Waals surface area contributed by atoms with Gasteiger partial charge in [-0.3, -0.25) is 4.79 Å². The third-order valence-corrected chi connectivity index (χ3v) is 2.68. The van der Waals surface area contributed by atoms with Gasteiger partial charge in [0.15, 0.2) is 6.10 Å². The number of aryl methyl sites for hydroxylation is 1. The molecule has 2 N–H and O–H groups in total. The molecule has 0 bridgehead atoms. The Hall–Kier alpha value is -2.13. The van der Waals surface area contributed by atoms with Crippen LogP contribution in [0.25, 0.3) is 0 Å². The minimum absolute atomic E-state index is 0.426. The summed E-state index contributed by atoms with van der Waals surface area (Å²) >= 11 is 0. The molecule has 0 spiro atoms. The standard InChI is InChI=1S/C15H15NO2/c1-11-7-9-12(10-8-11)14(17)15(18)16-13-5-3-2-4-6-13/h2-10,14,17H,1H3,(H,16,18). The number of hydrogen-bond donors (Lipinski definition) is 2. The van der Waals surface area contributed by atoms with Gasteiger partial charge in [-0.05, 0) is 24.6 Å². The molecule has 0 aliphatic rings. The van der Waals surface area contributed by atoms with Gasteiger partial charge >= 0.3 is 0 Å². The number of benzene rings is 2. The van der Waals surface area contributed by atoms with Gasteiger partial charge in [-0.25, -0.2) is 0 Å². The zero-order valence-electron chi connectivity index (χ0n) is 10.1. The summed E-state index contributed by atoms with van der Waals surface area (Å²) in [6, 6.07) is 16.3. The zero-order chi connectivity index (χ0) is 13.0. The van der Waals surface area contributed by atoms with Crippen molar-refractivity contribution in [3.63, 3.8) is 0 Å². The number of aliphatic hydroxyl groups excluding tert-OH is 1. The van der Waals surface area contributed by atoms with Gasteiger partial charge in [-0.15, -0.1) is 0 Å². The zero-order valence-corrected chi connectivity index (χ0v) is 10.1. The lowest BCUT2D eigenvalue weighted by Crippen LogP contribution is -2.20. The molecule has 0 aliphatic heterocycles. The summed E-state index contributed by atoms with van der Waals surface area (Å²) in [5.41, 5.74) is 2.36. The van der Waals surface area contributed by atoms with Crippen LogP contribution in [0.5, 0.6) is 0 Å². The van der Waals surface area contributed by atoms with E-state index in [1.807, 2.05) is 37.3 Å². The second kappa shape index (κ2) is 5.47. The van der Waals surface area contributed by atoms with Crippen LogP contribution < -0.4 is 5.32 Å². The Balaban J connectivity index is 2.07. The van der Waals surface area contributed by atoms with Crippen molar-refractivity contribution in [2.75, 3.05) is 5.32 Å². The second-order valence-electron chi connectivity index (χ2n) is 4.17. The van der Waals surface area contributed by atoms with Crippen molar-refractivity contribution in [2.24, 2.45) is 0 Å². The number of rotatable bonds is 3. The van der Waals surface area contributed by atoms with Crippen LogP contribution in [0.3, 0.4) is 0 Å². The summed E-state index contributed by atoms with van der Waals surface area (Å²) in [6.45, 7) is 1.96. The minimum atomic E-state index is -1.15. The molecule has 18 heavy (non-hydrogen) atoms. The largest absolute Gasteiger partial charge is 0.378 e. The summed E-state index contributed by atoms with van der Waals surface area (Å²) in [6.07, 6.45) is -1.15. The number of nitrogens with one attached hydrogen (secondary N) is 1. The molecule has 0 saturated carbocycles. The molecule has 3 heteroatoms. The first-order valence-electron chi connectivity index (χ1n) is 5.77. The molecule has 0 fully saturated rings. The third-order valence-electron chi connectivity index (χ3n) is 2.68. The SMILES string of the molecule is Cc1ccc(C(O)C(=O)Nc2ccccc2)cc1. The predicted molar refractivity (Wildman–Crippen MR) is 71.2 cm³/mol. The molecule has 0 radical (unpaired) electrons. The van der Waals surface area contributed by atoms with Gasteiger partial charge in [0.25, 0.3) is 5.91 Å². The molecule has 2 aromatic carbocycles. The molecule has 2 rings (SSSR count). The molecular formula is C15H15NO2. The molecule has 1 atom stereocenters. The van der Waals surface area contributed by atoms with Crippen LogP contribution in [-0.4, -0.2) is 11.0 Å². The van der Waals surface area contributed by atoms with Crippen molar-refractivity contribution < 1.29 is 9.90 Å². The number of carbonyl (C=O) groups excluding carboxylic acids is 1. The lowest BCUT2D eigenvalue weighted by molar-refractivity contribution is -0.124. The average molecular weight is 241 g/mol. The summed E-state index contributed by atoms with van der Waals surface area (Å²) in [5, 5.41) is 12.6. The van der Waals surface area contributed by atoms with Crippen molar-refractivity contribution in [1.29, 1.82) is 0 Å². The molecule has 0 aliphatic carbocycles.